The van der Waals surface area contributed by atoms with Crippen molar-refractivity contribution in [1.29, 1.82) is 0 Å². The molecule has 1 unspecified atom stereocenters. The molecule has 0 aliphatic carbocycles. The van der Waals surface area contributed by atoms with Crippen LogP contribution in [0.2, 0.25) is 0 Å². The van der Waals surface area contributed by atoms with Crippen molar-refractivity contribution in [3.8, 4) is 0 Å². The Bertz CT molecular complexity index is 269. The van der Waals surface area contributed by atoms with Crippen molar-refractivity contribution in [2.24, 2.45) is 0 Å². The van der Waals surface area contributed by atoms with E-state index >= 15 is 0 Å². The van der Waals surface area contributed by atoms with Crippen LogP contribution in [-0.2, 0) is 9.53 Å². The maximum atomic E-state index is 11.2. The summed E-state index contributed by atoms with van der Waals surface area (Å²) in [6.45, 7) is 4.36. The first-order valence-corrected chi connectivity index (χ1v) is 4.64. The van der Waals surface area contributed by atoms with Gasteiger partial charge in [-0.15, -0.1) is 0 Å². The molecule has 0 radical (unpaired) electrons. The van der Waals surface area contributed by atoms with Gasteiger partial charge >= 0.3 is 0 Å². The van der Waals surface area contributed by atoms with E-state index < -0.39 is 0 Å². The SMILES string of the molecule is CCOCC(=O)NC(C)c1ccco1. The standard InChI is InChI=1S/C10H15NO3/c1-3-13-7-10(12)11-8(2)9-5-4-6-14-9/h4-6,8H,3,7H2,1-2H3,(H,11,12). The molecule has 1 aromatic rings. The third-order valence-electron chi connectivity index (χ3n) is 1.78. The van der Waals surface area contributed by atoms with Crippen LogP contribution in [0.15, 0.2) is 22.8 Å². The normalized spacial score (nSPS) is 12.4. The third-order valence-corrected chi connectivity index (χ3v) is 1.78. The third kappa shape index (κ3) is 3.22. The fraction of sp³-hybridized carbons (Fsp3) is 0.500. The molecular formula is C10H15NO3. The van der Waals surface area contributed by atoms with Gasteiger partial charge in [0, 0.05) is 6.61 Å². The van der Waals surface area contributed by atoms with Crippen molar-refractivity contribution in [3.63, 3.8) is 0 Å². The molecule has 0 saturated heterocycles. The van der Waals surface area contributed by atoms with Gasteiger partial charge in [0.15, 0.2) is 0 Å². The lowest BCUT2D eigenvalue weighted by Crippen LogP contribution is -2.29. The van der Waals surface area contributed by atoms with Crippen LogP contribution in [0.4, 0.5) is 0 Å². The van der Waals surface area contributed by atoms with Gasteiger partial charge in [0.2, 0.25) is 5.91 Å². The summed E-state index contributed by atoms with van der Waals surface area (Å²) >= 11 is 0. The highest BCUT2D eigenvalue weighted by Gasteiger charge is 2.10. The topological polar surface area (TPSA) is 51.5 Å². The molecule has 4 nitrogen and oxygen atoms in total. The number of rotatable bonds is 5. The molecule has 0 bridgehead atoms. The summed E-state index contributed by atoms with van der Waals surface area (Å²) in [5.74, 6) is 0.616. The number of carbonyl (C=O) groups excluding carboxylic acids is 1. The van der Waals surface area contributed by atoms with E-state index in [0.717, 1.165) is 5.76 Å². The van der Waals surface area contributed by atoms with E-state index in [-0.39, 0.29) is 18.6 Å². The first kappa shape index (κ1) is 10.8. The monoisotopic (exact) mass is 197 g/mol. The zero-order chi connectivity index (χ0) is 10.4. The van der Waals surface area contributed by atoms with Gasteiger partial charge in [-0.1, -0.05) is 0 Å². The van der Waals surface area contributed by atoms with E-state index in [9.17, 15) is 4.79 Å². The number of ether oxygens (including phenoxy) is 1. The predicted molar refractivity (Wildman–Crippen MR) is 51.8 cm³/mol. The fourth-order valence-corrected chi connectivity index (χ4v) is 1.09. The van der Waals surface area contributed by atoms with Crippen molar-refractivity contribution < 1.29 is 13.9 Å². The number of amides is 1. The minimum absolute atomic E-state index is 0.0988. The van der Waals surface area contributed by atoms with Gasteiger partial charge in [0.25, 0.3) is 0 Å². The highest BCUT2D eigenvalue weighted by Crippen LogP contribution is 2.11. The molecule has 1 rings (SSSR count). The summed E-state index contributed by atoms with van der Waals surface area (Å²) in [6, 6.07) is 3.50. The summed E-state index contributed by atoms with van der Waals surface area (Å²) < 4.78 is 10.1. The lowest BCUT2D eigenvalue weighted by molar-refractivity contribution is -0.126. The van der Waals surface area contributed by atoms with Crippen molar-refractivity contribution in [1.82, 2.24) is 5.32 Å². The maximum Gasteiger partial charge on any atom is 0.246 e. The van der Waals surface area contributed by atoms with Gasteiger partial charge in [-0.2, -0.15) is 0 Å². The Morgan fingerprint density at radius 2 is 2.50 bits per heavy atom. The van der Waals surface area contributed by atoms with E-state index in [4.69, 9.17) is 9.15 Å². The molecule has 1 aromatic heterocycles. The van der Waals surface area contributed by atoms with Crippen LogP contribution >= 0.6 is 0 Å². The second-order valence-electron chi connectivity index (χ2n) is 2.94. The Morgan fingerprint density at radius 1 is 1.71 bits per heavy atom. The molecule has 1 N–H and O–H groups in total. The molecule has 0 aliphatic rings. The molecule has 78 valence electrons. The summed E-state index contributed by atoms with van der Waals surface area (Å²) in [6.07, 6.45) is 1.58. The Labute approximate surface area is 83.2 Å². The number of furan rings is 1. The van der Waals surface area contributed by atoms with Crippen molar-refractivity contribution >= 4 is 5.91 Å². The van der Waals surface area contributed by atoms with Crippen LogP contribution in [0.1, 0.15) is 25.6 Å². The highest BCUT2D eigenvalue weighted by molar-refractivity contribution is 5.77. The first-order valence-electron chi connectivity index (χ1n) is 4.64. The van der Waals surface area contributed by atoms with E-state index in [1.54, 1.807) is 12.3 Å². The van der Waals surface area contributed by atoms with E-state index in [2.05, 4.69) is 5.32 Å². The lowest BCUT2D eigenvalue weighted by Gasteiger charge is -2.10. The number of hydrogen-bond acceptors (Lipinski definition) is 3. The Kier molecular flexibility index (Phi) is 4.19. The van der Waals surface area contributed by atoms with E-state index in [0.29, 0.717) is 6.61 Å². The molecule has 14 heavy (non-hydrogen) atoms. The van der Waals surface area contributed by atoms with Crippen LogP contribution < -0.4 is 5.32 Å². The molecule has 4 heteroatoms. The van der Waals surface area contributed by atoms with Gasteiger partial charge in [0.1, 0.15) is 12.4 Å². The molecule has 0 fully saturated rings. The van der Waals surface area contributed by atoms with Crippen LogP contribution in [0, 0.1) is 0 Å². The predicted octanol–water partition coefficient (Wildman–Crippen LogP) is 1.49. The van der Waals surface area contributed by atoms with Gasteiger partial charge < -0.3 is 14.5 Å². The lowest BCUT2D eigenvalue weighted by atomic mass is 10.2. The fourth-order valence-electron chi connectivity index (χ4n) is 1.09. The molecule has 1 atom stereocenters. The Hall–Kier alpha value is -1.29. The summed E-state index contributed by atoms with van der Waals surface area (Å²) in [5, 5.41) is 2.76. The average Bonchev–Trinajstić information content (AvgIpc) is 2.67. The van der Waals surface area contributed by atoms with Crippen molar-refractivity contribution in [2.45, 2.75) is 19.9 Å². The molecule has 1 amide bonds. The summed E-state index contributed by atoms with van der Waals surface area (Å²) in [7, 11) is 0. The van der Waals surface area contributed by atoms with Gasteiger partial charge in [0.05, 0.1) is 12.3 Å². The minimum atomic E-state index is -0.129. The smallest absolute Gasteiger partial charge is 0.246 e. The van der Waals surface area contributed by atoms with Crippen LogP contribution in [-0.4, -0.2) is 19.1 Å². The zero-order valence-corrected chi connectivity index (χ0v) is 8.45. The molecule has 1 heterocycles. The first-order chi connectivity index (χ1) is 6.74. The van der Waals surface area contributed by atoms with Crippen LogP contribution in [0.3, 0.4) is 0 Å². The average molecular weight is 197 g/mol. The largest absolute Gasteiger partial charge is 0.467 e. The van der Waals surface area contributed by atoms with Gasteiger partial charge in [-0.25, -0.2) is 0 Å². The summed E-state index contributed by atoms with van der Waals surface area (Å²) in [4.78, 5) is 11.2. The van der Waals surface area contributed by atoms with E-state index in [1.165, 1.54) is 0 Å². The van der Waals surface area contributed by atoms with Gasteiger partial charge in [-0.3, -0.25) is 4.79 Å². The minimum Gasteiger partial charge on any atom is -0.467 e. The van der Waals surface area contributed by atoms with Crippen LogP contribution in [0.5, 0.6) is 0 Å². The number of carbonyl (C=O) groups is 1. The van der Waals surface area contributed by atoms with Gasteiger partial charge in [-0.05, 0) is 26.0 Å². The second kappa shape index (κ2) is 5.44. The Balaban J connectivity index is 2.33. The zero-order valence-electron chi connectivity index (χ0n) is 8.45. The highest BCUT2D eigenvalue weighted by atomic mass is 16.5. The molecule has 0 saturated carbocycles. The second-order valence-corrected chi connectivity index (χ2v) is 2.94. The maximum absolute atomic E-state index is 11.2. The molecule has 0 aromatic carbocycles. The number of nitrogens with one attached hydrogen (secondary N) is 1. The number of hydrogen-bond donors (Lipinski definition) is 1. The molecular weight excluding hydrogens is 182 g/mol. The molecule has 0 aliphatic heterocycles. The van der Waals surface area contributed by atoms with Crippen LogP contribution in [0.25, 0.3) is 0 Å². The van der Waals surface area contributed by atoms with Crippen molar-refractivity contribution in [2.75, 3.05) is 13.2 Å². The summed E-state index contributed by atoms with van der Waals surface area (Å²) in [5.41, 5.74) is 0. The Morgan fingerprint density at radius 3 is 3.07 bits per heavy atom. The van der Waals surface area contributed by atoms with Crippen molar-refractivity contribution in [3.05, 3.63) is 24.2 Å². The molecule has 0 spiro atoms. The van der Waals surface area contributed by atoms with E-state index in [1.807, 2.05) is 19.9 Å². The quantitative estimate of drug-likeness (QED) is 0.778.